The van der Waals surface area contributed by atoms with Crippen molar-refractivity contribution in [2.75, 3.05) is 33.7 Å². The van der Waals surface area contributed by atoms with Crippen molar-refractivity contribution >= 4 is 28.1 Å². The van der Waals surface area contributed by atoms with Gasteiger partial charge in [-0.05, 0) is 42.8 Å². The highest BCUT2D eigenvalue weighted by Gasteiger charge is 2.20. The van der Waals surface area contributed by atoms with E-state index in [2.05, 4.69) is 4.98 Å². The molecule has 3 aromatic rings. The molecule has 2 N–H and O–H groups in total. The zero-order chi connectivity index (χ0) is 20.3. The zero-order valence-electron chi connectivity index (χ0n) is 16.0. The lowest BCUT2D eigenvalue weighted by molar-refractivity contribution is 0.324. The number of hydrogen-bond donors (Lipinski definition) is 1. The average Bonchev–Trinajstić information content (AvgIpc) is 3.10. The van der Waals surface area contributed by atoms with Gasteiger partial charge in [0.1, 0.15) is 5.75 Å². The van der Waals surface area contributed by atoms with E-state index < -0.39 is 0 Å². The van der Waals surface area contributed by atoms with Gasteiger partial charge in [-0.3, -0.25) is 0 Å². The molecule has 0 aliphatic heterocycles. The summed E-state index contributed by atoms with van der Waals surface area (Å²) in [5.41, 5.74) is 8.43. The summed E-state index contributed by atoms with van der Waals surface area (Å²) in [7, 11) is 4.71. The van der Waals surface area contributed by atoms with E-state index in [0.29, 0.717) is 45.5 Å². The molecule has 0 aliphatic rings. The normalized spacial score (nSPS) is 10.6. The molecule has 0 radical (unpaired) electrons. The van der Waals surface area contributed by atoms with E-state index in [9.17, 15) is 0 Å². The zero-order valence-corrected chi connectivity index (χ0v) is 17.6. The minimum absolute atomic E-state index is 0.448. The Kier molecular flexibility index (Phi) is 6.16. The van der Waals surface area contributed by atoms with Crippen LogP contribution in [0, 0.1) is 0 Å². The monoisotopic (exact) mass is 420 g/mol. The van der Waals surface area contributed by atoms with Crippen molar-refractivity contribution in [2.45, 2.75) is 6.92 Å². The first-order valence-corrected chi connectivity index (χ1v) is 9.71. The summed E-state index contributed by atoms with van der Waals surface area (Å²) >= 11 is 7.75. The molecule has 3 rings (SSSR count). The number of benzene rings is 2. The van der Waals surface area contributed by atoms with Gasteiger partial charge >= 0.3 is 0 Å². The maximum atomic E-state index is 6.37. The van der Waals surface area contributed by atoms with E-state index in [4.69, 9.17) is 36.3 Å². The fraction of sp³-hybridized carbons (Fsp3) is 0.250. The summed E-state index contributed by atoms with van der Waals surface area (Å²) in [5, 5.41) is 0.978. The van der Waals surface area contributed by atoms with Crippen LogP contribution in [0.4, 0.5) is 5.13 Å². The van der Waals surface area contributed by atoms with Crippen molar-refractivity contribution in [3.05, 3.63) is 35.4 Å². The highest BCUT2D eigenvalue weighted by Crippen LogP contribution is 2.45. The lowest BCUT2D eigenvalue weighted by Crippen LogP contribution is -1.96. The van der Waals surface area contributed by atoms with Crippen LogP contribution in [-0.4, -0.2) is 32.9 Å². The predicted octanol–water partition coefficient (Wildman–Crippen LogP) is 5.14. The summed E-state index contributed by atoms with van der Waals surface area (Å²) in [5.74, 6) is 2.24. The molecule has 0 bridgehead atoms. The number of nitrogens with two attached hydrogens (primary N) is 1. The van der Waals surface area contributed by atoms with Crippen molar-refractivity contribution in [2.24, 2.45) is 0 Å². The predicted molar refractivity (Wildman–Crippen MR) is 113 cm³/mol. The molecule has 8 heteroatoms. The van der Waals surface area contributed by atoms with E-state index >= 15 is 0 Å². The maximum absolute atomic E-state index is 6.37. The first-order valence-electron chi connectivity index (χ1n) is 8.51. The quantitative estimate of drug-likeness (QED) is 0.570. The number of nitrogen functional groups attached to an aromatic ring is 1. The summed E-state index contributed by atoms with van der Waals surface area (Å²) in [6, 6.07) is 9.31. The van der Waals surface area contributed by atoms with Crippen LogP contribution in [0.3, 0.4) is 0 Å². The molecule has 0 unspecified atom stereocenters. The Bertz CT molecular complexity index is 965. The van der Waals surface area contributed by atoms with Crippen molar-refractivity contribution < 1.29 is 18.9 Å². The summed E-state index contributed by atoms with van der Waals surface area (Å²) < 4.78 is 21.8. The second-order valence-corrected chi connectivity index (χ2v) is 7.16. The molecule has 0 amide bonds. The van der Waals surface area contributed by atoms with Gasteiger partial charge in [0.15, 0.2) is 16.6 Å². The Morgan fingerprint density at radius 2 is 1.64 bits per heavy atom. The summed E-state index contributed by atoms with van der Waals surface area (Å²) in [6.07, 6.45) is 0. The summed E-state index contributed by atoms with van der Waals surface area (Å²) in [6.45, 7) is 2.46. The number of methoxy groups -OCH3 is 3. The molecular formula is C20H21ClN2O4S. The van der Waals surface area contributed by atoms with E-state index in [1.807, 2.05) is 37.3 Å². The molecule has 1 heterocycles. The van der Waals surface area contributed by atoms with Crippen LogP contribution >= 0.6 is 22.9 Å². The van der Waals surface area contributed by atoms with Gasteiger partial charge < -0.3 is 24.7 Å². The first kappa shape index (κ1) is 20.1. The average molecular weight is 421 g/mol. The van der Waals surface area contributed by atoms with Crippen molar-refractivity contribution in [3.63, 3.8) is 0 Å². The number of thiazole rings is 1. The van der Waals surface area contributed by atoms with Gasteiger partial charge in [0.2, 0.25) is 5.75 Å². The third-order valence-electron chi connectivity index (χ3n) is 4.08. The van der Waals surface area contributed by atoms with Crippen LogP contribution in [-0.2, 0) is 0 Å². The van der Waals surface area contributed by atoms with Crippen molar-refractivity contribution in [3.8, 4) is 44.7 Å². The van der Waals surface area contributed by atoms with Crippen LogP contribution in [0.1, 0.15) is 6.92 Å². The fourth-order valence-electron chi connectivity index (χ4n) is 2.86. The number of ether oxygens (including phenoxy) is 4. The van der Waals surface area contributed by atoms with E-state index in [1.165, 1.54) is 11.3 Å². The number of anilines is 1. The summed E-state index contributed by atoms with van der Waals surface area (Å²) in [4.78, 5) is 5.41. The Morgan fingerprint density at radius 1 is 0.964 bits per heavy atom. The number of hydrogen-bond acceptors (Lipinski definition) is 7. The molecule has 0 atom stereocenters. The van der Waals surface area contributed by atoms with Crippen molar-refractivity contribution in [1.82, 2.24) is 4.98 Å². The first-order chi connectivity index (χ1) is 13.5. The second-order valence-electron chi connectivity index (χ2n) is 5.72. The van der Waals surface area contributed by atoms with Gasteiger partial charge in [-0.1, -0.05) is 22.9 Å². The maximum Gasteiger partial charge on any atom is 0.203 e. The molecule has 0 fully saturated rings. The molecular weight excluding hydrogens is 400 g/mol. The van der Waals surface area contributed by atoms with Gasteiger partial charge in [-0.2, -0.15) is 0 Å². The molecule has 2 aromatic carbocycles. The third-order valence-corrected chi connectivity index (χ3v) is 5.30. The van der Waals surface area contributed by atoms with Crippen LogP contribution in [0.5, 0.6) is 23.0 Å². The Hall–Kier alpha value is -2.64. The molecule has 0 saturated carbocycles. The third kappa shape index (κ3) is 3.81. The van der Waals surface area contributed by atoms with Gasteiger partial charge in [0.25, 0.3) is 0 Å². The largest absolute Gasteiger partial charge is 0.493 e. The lowest BCUT2D eigenvalue weighted by Gasteiger charge is -2.14. The fourth-order valence-corrected chi connectivity index (χ4v) is 3.95. The minimum Gasteiger partial charge on any atom is -0.493 e. The molecule has 28 heavy (non-hydrogen) atoms. The van der Waals surface area contributed by atoms with Crippen LogP contribution in [0.2, 0.25) is 5.02 Å². The standard InChI is InChI=1S/C20H21ClN2O4S/c1-5-27-14-7-6-11(8-13(14)21)19-17(23-20(22)28-19)12-9-15(24-2)18(26-4)16(10-12)25-3/h6-10H,5H2,1-4H3,(H2,22,23). The molecule has 148 valence electrons. The number of halogens is 1. The second kappa shape index (κ2) is 8.58. The SMILES string of the molecule is CCOc1ccc(-c2sc(N)nc2-c2cc(OC)c(OC)c(OC)c2)cc1Cl. The van der Waals surface area contributed by atoms with Crippen LogP contribution in [0.15, 0.2) is 30.3 Å². The van der Waals surface area contributed by atoms with Crippen molar-refractivity contribution in [1.29, 1.82) is 0 Å². The number of nitrogens with zero attached hydrogens (tertiary/aromatic N) is 1. The van der Waals surface area contributed by atoms with Crippen LogP contribution in [0.25, 0.3) is 21.7 Å². The minimum atomic E-state index is 0.448. The lowest BCUT2D eigenvalue weighted by atomic mass is 10.1. The topological polar surface area (TPSA) is 75.8 Å². The van der Waals surface area contributed by atoms with Gasteiger partial charge in [-0.25, -0.2) is 4.98 Å². The van der Waals surface area contributed by atoms with E-state index in [0.717, 1.165) is 16.0 Å². The Morgan fingerprint density at radius 3 is 2.18 bits per heavy atom. The molecule has 0 spiro atoms. The number of aromatic nitrogens is 1. The number of rotatable bonds is 7. The molecule has 6 nitrogen and oxygen atoms in total. The van der Waals surface area contributed by atoms with E-state index in [-0.39, 0.29) is 0 Å². The molecule has 1 aromatic heterocycles. The Balaban J connectivity index is 2.14. The van der Waals surface area contributed by atoms with Gasteiger partial charge in [-0.15, -0.1) is 0 Å². The molecule has 0 aliphatic carbocycles. The van der Waals surface area contributed by atoms with Crippen LogP contribution < -0.4 is 24.7 Å². The highest BCUT2D eigenvalue weighted by atomic mass is 35.5. The Labute approximate surface area is 172 Å². The van der Waals surface area contributed by atoms with E-state index in [1.54, 1.807) is 21.3 Å². The smallest absolute Gasteiger partial charge is 0.203 e. The van der Waals surface area contributed by atoms with Gasteiger partial charge in [0.05, 0.1) is 43.5 Å². The van der Waals surface area contributed by atoms with Gasteiger partial charge in [0, 0.05) is 5.56 Å². The highest BCUT2D eigenvalue weighted by molar-refractivity contribution is 7.19. The molecule has 0 saturated heterocycles.